The van der Waals surface area contributed by atoms with Gasteiger partial charge in [0.15, 0.2) is 37.7 Å². The average molecular weight is 1100 g/mol. The molecular weight excluding hydrogens is 1030 g/mol. The second kappa shape index (κ2) is 28.1. The van der Waals surface area contributed by atoms with E-state index in [1.54, 1.807) is 0 Å². The van der Waals surface area contributed by atoms with Crippen LogP contribution in [0.5, 0.6) is 0 Å². The highest BCUT2D eigenvalue weighted by atomic mass is 19.1. The lowest BCUT2D eigenvalue weighted by molar-refractivity contribution is -0.393. The maximum absolute atomic E-state index is 14.3. The summed E-state index contributed by atoms with van der Waals surface area (Å²) in [5.74, 6) is -0.865. The molecule has 0 aromatic carbocycles. The molecule has 6 heterocycles. The second-order valence-electron chi connectivity index (χ2n) is 19.1. The van der Waals surface area contributed by atoms with Crippen LogP contribution in [0.4, 0.5) is 4.39 Å². The number of rotatable bonds is 22. The van der Waals surface area contributed by atoms with Crippen molar-refractivity contribution in [3.05, 3.63) is 0 Å². The molecule has 6 fully saturated rings. The maximum Gasteiger partial charge on any atom is 0.217 e. The Morgan fingerprint density at radius 1 is 0.453 bits per heavy atom. The molecule has 0 bridgehead atoms. The van der Waals surface area contributed by atoms with Crippen molar-refractivity contribution in [3.63, 3.8) is 0 Å². The normalized spacial score (nSPS) is 48.9. The van der Waals surface area contributed by atoms with Gasteiger partial charge in [-0.25, -0.2) is 4.39 Å². The lowest BCUT2D eigenvalue weighted by Gasteiger charge is -2.51. The Hall–Kier alpha value is -1.76. The van der Waals surface area contributed by atoms with Gasteiger partial charge < -0.3 is 150 Å². The van der Waals surface area contributed by atoms with Crippen LogP contribution in [-0.2, 0) is 61.6 Å². The molecule has 0 aromatic heterocycles. The zero-order chi connectivity index (χ0) is 55.2. The zero-order valence-electron chi connectivity index (χ0n) is 40.8. The van der Waals surface area contributed by atoms with Crippen LogP contribution in [0.1, 0.15) is 33.1 Å². The van der Waals surface area contributed by atoms with Gasteiger partial charge >= 0.3 is 0 Å². The van der Waals surface area contributed by atoms with E-state index >= 15 is 0 Å². The molecule has 75 heavy (non-hydrogen) atoms. The zero-order valence-corrected chi connectivity index (χ0v) is 40.8. The van der Waals surface area contributed by atoms with Crippen molar-refractivity contribution in [3.8, 4) is 0 Å². The third-order valence-corrected chi connectivity index (χ3v) is 13.9. The summed E-state index contributed by atoms with van der Waals surface area (Å²) < 4.78 is 83.1. The molecule has 6 aliphatic rings. The summed E-state index contributed by atoms with van der Waals surface area (Å²) in [4.78, 5) is 12.8. The van der Waals surface area contributed by atoms with Crippen LogP contribution >= 0.6 is 0 Å². The molecule has 0 aromatic rings. The summed E-state index contributed by atoms with van der Waals surface area (Å²) in [5.41, 5.74) is 5.49. The number of hydrogen-bond acceptors (Lipinski definition) is 30. The van der Waals surface area contributed by atoms with Gasteiger partial charge in [0.25, 0.3) is 0 Å². The number of hydrogen-bond donors (Lipinski definition) is 18. The van der Waals surface area contributed by atoms with E-state index < -0.39 is 223 Å². The smallest absolute Gasteiger partial charge is 0.217 e. The Labute approximate surface area is 427 Å². The molecular formula is C43H75FN2O29. The molecule has 30 atom stereocenters. The number of amides is 1. The lowest BCUT2D eigenvalue weighted by atomic mass is 9.94. The van der Waals surface area contributed by atoms with E-state index in [4.69, 9.17) is 62.6 Å². The van der Waals surface area contributed by atoms with Crippen LogP contribution in [-0.4, -0.2) is 318 Å². The molecule has 0 aliphatic carbocycles. The predicted molar refractivity (Wildman–Crippen MR) is 235 cm³/mol. The summed E-state index contributed by atoms with van der Waals surface area (Å²) in [5, 5.41) is 176. The molecule has 6 saturated heterocycles. The SMILES string of the molecule is CC(=O)NC1C(O[C@@H]2OC(CO)[C@H](O)C(O)C2O[C@@H]2OC(C)[C@@H](O)C(O)C2O)[C@@H](O)C(CO)O[C@H]1OC1C(O)[C@@H](O[C@H]2C(CO)O[C@@H](O[C@@H]3C(CF)O[C@@H](OCCCCCN)C(O)C3O)C(O)C2O)OC(CO)[C@@H]1O. The van der Waals surface area contributed by atoms with E-state index in [1.165, 1.54) is 6.92 Å². The number of halogens is 1. The van der Waals surface area contributed by atoms with Crippen molar-refractivity contribution in [2.75, 3.05) is 46.3 Å². The van der Waals surface area contributed by atoms with Crippen molar-refractivity contribution in [1.29, 1.82) is 0 Å². The third kappa shape index (κ3) is 14.1. The fraction of sp³-hybridized carbons (Fsp3) is 0.977. The molecule has 18 unspecified atom stereocenters. The van der Waals surface area contributed by atoms with Crippen LogP contribution in [0.3, 0.4) is 0 Å². The van der Waals surface area contributed by atoms with Crippen molar-refractivity contribution in [2.45, 2.75) is 217 Å². The highest BCUT2D eigenvalue weighted by Gasteiger charge is 2.58. The van der Waals surface area contributed by atoms with E-state index in [0.29, 0.717) is 25.8 Å². The number of aliphatic hydroxyl groups excluding tert-OH is 16. The van der Waals surface area contributed by atoms with Crippen LogP contribution < -0.4 is 11.1 Å². The molecule has 0 radical (unpaired) electrons. The van der Waals surface area contributed by atoms with Gasteiger partial charge in [0.05, 0.1) is 32.5 Å². The topological polar surface area (TPSA) is 490 Å². The monoisotopic (exact) mass is 1100 g/mol. The fourth-order valence-corrected chi connectivity index (χ4v) is 9.56. The predicted octanol–water partition coefficient (Wildman–Crippen LogP) is -10.8. The number of alkyl halides is 1. The molecule has 0 saturated carbocycles. The van der Waals surface area contributed by atoms with Gasteiger partial charge in [0.1, 0.15) is 147 Å². The number of carbonyl (C=O) groups is 1. The number of aliphatic hydroxyl groups is 16. The van der Waals surface area contributed by atoms with Crippen LogP contribution in [0.15, 0.2) is 0 Å². The Morgan fingerprint density at radius 3 is 1.48 bits per heavy atom. The fourth-order valence-electron chi connectivity index (χ4n) is 9.56. The van der Waals surface area contributed by atoms with Gasteiger partial charge in [0, 0.05) is 13.5 Å². The molecule has 19 N–H and O–H groups in total. The molecule has 31 nitrogen and oxygen atoms in total. The standard InChI is InChI=1S/C43H75FN2O29/c1-13-21(52)25(56)29(60)40(65-13)75-37-26(57)22(53)16(9-47)69-43(37)73-35-20(46-14(2)51)38(67-17(10-48)23(35)54)74-36-24(55)18(11-49)68-42(32(36)63)72-34-19(12-50)70-41(31(62)28(34)59)71-33-15(8-44)66-39(30(61)27(33)58)64-7-5-3-4-6-45/h13,15-43,47-50,52-63H,3-12,45H2,1-2H3,(H,46,51)/t13?,15?,16?,17?,18?,19?,20?,21-,22+,23+,24+,25?,26?,27?,28?,29?,30?,31?,32?,33-,34+,35?,36?,37?,38+,39-,40+,41+,42-,43+/m1/s1. The largest absolute Gasteiger partial charge is 0.394 e. The van der Waals surface area contributed by atoms with Gasteiger partial charge in [-0.3, -0.25) is 4.79 Å². The molecule has 438 valence electrons. The van der Waals surface area contributed by atoms with E-state index in [9.17, 15) is 90.9 Å². The number of unbranched alkanes of at least 4 members (excludes halogenated alkanes) is 2. The van der Waals surface area contributed by atoms with Crippen LogP contribution in [0.25, 0.3) is 0 Å². The maximum atomic E-state index is 14.3. The molecule has 6 aliphatic heterocycles. The summed E-state index contributed by atoms with van der Waals surface area (Å²) in [6, 6.07) is -1.79. The summed E-state index contributed by atoms with van der Waals surface area (Å²) in [6.45, 7) is -2.47. The van der Waals surface area contributed by atoms with E-state index in [-0.39, 0.29) is 6.61 Å². The first-order chi connectivity index (χ1) is 35.7. The summed E-state index contributed by atoms with van der Waals surface area (Å²) >= 11 is 0. The first kappa shape index (κ1) is 62.4. The molecule has 0 spiro atoms. The van der Waals surface area contributed by atoms with Gasteiger partial charge in [-0.2, -0.15) is 0 Å². The number of carbonyl (C=O) groups excluding carboxylic acids is 1. The van der Waals surface area contributed by atoms with E-state index in [0.717, 1.165) is 6.92 Å². The van der Waals surface area contributed by atoms with Crippen molar-refractivity contribution in [1.82, 2.24) is 5.32 Å². The quantitative estimate of drug-likeness (QED) is 0.0448. The van der Waals surface area contributed by atoms with Crippen molar-refractivity contribution >= 4 is 5.91 Å². The lowest BCUT2D eigenvalue weighted by Crippen LogP contribution is -2.70. The minimum atomic E-state index is -2.22. The van der Waals surface area contributed by atoms with E-state index in [1.807, 2.05) is 0 Å². The van der Waals surface area contributed by atoms with Crippen molar-refractivity contribution < 1.29 is 148 Å². The van der Waals surface area contributed by atoms with Gasteiger partial charge in [-0.15, -0.1) is 0 Å². The Bertz CT molecular complexity index is 1720. The second-order valence-corrected chi connectivity index (χ2v) is 19.1. The summed E-state index contributed by atoms with van der Waals surface area (Å²) in [7, 11) is 0. The van der Waals surface area contributed by atoms with Gasteiger partial charge in [-0.05, 0) is 32.7 Å². The van der Waals surface area contributed by atoms with E-state index in [2.05, 4.69) is 5.32 Å². The third-order valence-electron chi connectivity index (χ3n) is 13.9. The Morgan fingerprint density at radius 2 is 0.893 bits per heavy atom. The minimum absolute atomic E-state index is 0.0705. The Kier molecular flexibility index (Phi) is 23.4. The molecule has 1 amide bonds. The first-order valence-corrected chi connectivity index (χ1v) is 24.6. The average Bonchev–Trinajstić information content (AvgIpc) is 3.39. The number of nitrogens with two attached hydrogens (primary N) is 1. The van der Waals surface area contributed by atoms with Gasteiger partial charge in [0.2, 0.25) is 5.91 Å². The Balaban J connectivity index is 1.20. The highest BCUT2D eigenvalue weighted by Crippen LogP contribution is 2.37. The van der Waals surface area contributed by atoms with Crippen molar-refractivity contribution in [2.24, 2.45) is 5.73 Å². The molecule has 32 heteroatoms. The highest BCUT2D eigenvalue weighted by molar-refractivity contribution is 5.73. The van der Waals surface area contributed by atoms with Crippen LogP contribution in [0, 0.1) is 0 Å². The van der Waals surface area contributed by atoms with Gasteiger partial charge in [-0.1, -0.05) is 0 Å². The summed E-state index contributed by atoms with van der Waals surface area (Å²) in [6.07, 6.45) is -52.2. The minimum Gasteiger partial charge on any atom is -0.394 e. The van der Waals surface area contributed by atoms with Crippen LogP contribution in [0.2, 0.25) is 0 Å². The number of nitrogens with one attached hydrogen (secondary N) is 1. The molecule has 6 rings (SSSR count). The number of ether oxygens (including phenoxy) is 12. The first-order valence-electron chi connectivity index (χ1n) is 24.6.